The minimum absolute atomic E-state index is 0.191. The number of carbonyl (C=O) groups is 1. The van der Waals surface area contributed by atoms with Crippen LogP contribution in [0.3, 0.4) is 0 Å². The van der Waals surface area contributed by atoms with Crippen molar-refractivity contribution in [1.29, 1.82) is 0 Å². The number of pyridine rings is 1. The van der Waals surface area contributed by atoms with Gasteiger partial charge in [-0.25, -0.2) is 4.98 Å². The maximum absolute atomic E-state index is 12.5. The summed E-state index contributed by atoms with van der Waals surface area (Å²) in [4.78, 5) is 21.0. The van der Waals surface area contributed by atoms with Crippen LogP contribution in [-0.4, -0.2) is 30.8 Å². The van der Waals surface area contributed by atoms with Crippen LogP contribution in [0.25, 0.3) is 11.5 Å². The number of anilines is 1. The third kappa shape index (κ3) is 4.61. The molecule has 158 valence electrons. The van der Waals surface area contributed by atoms with Crippen LogP contribution < -0.4 is 11.1 Å². The van der Waals surface area contributed by atoms with Gasteiger partial charge in [-0.3, -0.25) is 9.48 Å². The van der Waals surface area contributed by atoms with Gasteiger partial charge in [-0.1, -0.05) is 17.3 Å². The van der Waals surface area contributed by atoms with E-state index < -0.39 is 0 Å². The molecule has 4 aromatic rings. The van der Waals surface area contributed by atoms with Crippen molar-refractivity contribution in [1.82, 2.24) is 30.2 Å². The molecule has 0 fully saturated rings. The molecule has 1 amide bonds. The number of benzene rings is 1. The van der Waals surface area contributed by atoms with Crippen molar-refractivity contribution >= 4 is 11.7 Å². The molecule has 0 aliphatic carbocycles. The molecular formula is C22H23N7O2. The fourth-order valence-corrected chi connectivity index (χ4v) is 3.35. The van der Waals surface area contributed by atoms with Gasteiger partial charge < -0.3 is 15.6 Å². The third-order valence-corrected chi connectivity index (χ3v) is 4.97. The van der Waals surface area contributed by atoms with Crippen molar-refractivity contribution in [2.75, 3.05) is 5.73 Å². The van der Waals surface area contributed by atoms with Crippen molar-refractivity contribution in [2.45, 2.75) is 33.9 Å². The van der Waals surface area contributed by atoms with Crippen molar-refractivity contribution in [2.24, 2.45) is 0 Å². The molecule has 9 nitrogen and oxygen atoms in total. The van der Waals surface area contributed by atoms with Crippen LogP contribution in [0.5, 0.6) is 0 Å². The summed E-state index contributed by atoms with van der Waals surface area (Å²) in [6, 6.07) is 9.58. The maximum Gasteiger partial charge on any atom is 0.257 e. The van der Waals surface area contributed by atoms with Gasteiger partial charge in [0.05, 0.1) is 18.3 Å². The van der Waals surface area contributed by atoms with E-state index in [1.165, 1.54) is 0 Å². The zero-order valence-corrected chi connectivity index (χ0v) is 17.6. The fraction of sp³-hybridized carbons (Fsp3) is 0.227. The number of rotatable bonds is 6. The molecule has 0 saturated heterocycles. The number of aromatic nitrogens is 5. The Morgan fingerprint density at radius 1 is 1.16 bits per heavy atom. The molecule has 3 N–H and O–H groups in total. The van der Waals surface area contributed by atoms with E-state index in [9.17, 15) is 4.79 Å². The van der Waals surface area contributed by atoms with E-state index in [0.29, 0.717) is 36.2 Å². The predicted octanol–water partition coefficient (Wildman–Crippen LogP) is 2.81. The summed E-state index contributed by atoms with van der Waals surface area (Å²) < 4.78 is 6.90. The molecule has 0 saturated carbocycles. The SMILES string of the molecule is Cc1noc(-c2ccc(Cn3cc(C(=O)NCc4c(C)cc(N)nc4C)cn3)cc2)n1. The Morgan fingerprint density at radius 3 is 2.61 bits per heavy atom. The van der Waals surface area contributed by atoms with Gasteiger partial charge in [-0.2, -0.15) is 10.1 Å². The summed E-state index contributed by atoms with van der Waals surface area (Å²) in [5, 5.41) is 11.0. The topological polar surface area (TPSA) is 125 Å². The van der Waals surface area contributed by atoms with Crippen LogP contribution in [0, 0.1) is 20.8 Å². The highest BCUT2D eigenvalue weighted by atomic mass is 16.5. The summed E-state index contributed by atoms with van der Waals surface area (Å²) in [7, 11) is 0. The van der Waals surface area contributed by atoms with Gasteiger partial charge in [-0.15, -0.1) is 0 Å². The monoisotopic (exact) mass is 417 g/mol. The Hall–Kier alpha value is -4.01. The van der Waals surface area contributed by atoms with Gasteiger partial charge in [0.2, 0.25) is 0 Å². The molecule has 3 aromatic heterocycles. The number of hydrogen-bond acceptors (Lipinski definition) is 7. The van der Waals surface area contributed by atoms with Crippen molar-refractivity contribution < 1.29 is 9.32 Å². The van der Waals surface area contributed by atoms with E-state index in [0.717, 1.165) is 27.9 Å². The first kappa shape index (κ1) is 20.3. The highest BCUT2D eigenvalue weighted by Crippen LogP contribution is 2.18. The van der Waals surface area contributed by atoms with Crippen molar-refractivity contribution in [3.63, 3.8) is 0 Å². The first-order valence-corrected chi connectivity index (χ1v) is 9.82. The summed E-state index contributed by atoms with van der Waals surface area (Å²) in [5.41, 5.74) is 10.9. The number of nitrogens with two attached hydrogens (primary N) is 1. The quantitative estimate of drug-likeness (QED) is 0.494. The molecule has 3 heterocycles. The van der Waals surface area contributed by atoms with Gasteiger partial charge in [0.15, 0.2) is 5.82 Å². The largest absolute Gasteiger partial charge is 0.384 e. The van der Waals surface area contributed by atoms with Crippen LogP contribution in [0.15, 0.2) is 47.2 Å². The Bertz CT molecular complexity index is 1200. The minimum atomic E-state index is -0.191. The van der Waals surface area contributed by atoms with Crippen molar-refractivity contribution in [3.8, 4) is 11.5 Å². The lowest BCUT2D eigenvalue weighted by molar-refractivity contribution is 0.0950. The number of nitrogen functional groups attached to an aromatic ring is 1. The van der Waals surface area contributed by atoms with E-state index in [-0.39, 0.29) is 5.91 Å². The lowest BCUT2D eigenvalue weighted by Gasteiger charge is -2.11. The molecule has 31 heavy (non-hydrogen) atoms. The molecule has 1 aromatic carbocycles. The van der Waals surface area contributed by atoms with Crippen LogP contribution >= 0.6 is 0 Å². The highest BCUT2D eigenvalue weighted by molar-refractivity contribution is 5.93. The smallest absolute Gasteiger partial charge is 0.257 e. The zero-order valence-electron chi connectivity index (χ0n) is 17.6. The van der Waals surface area contributed by atoms with Crippen LogP contribution in [-0.2, 0) is 13.1 Å². The van der Waals surface area contributed by atoms with Crippen LogP contribution in [0.1, 0.15) is 38.6 Å². The molecule has 0 spiro atoms. The zero-order chi connectivity index (χ0) is 22.0. The highest BCUT2D eigenvalue weighted by Gasteiger charge is 2.12. The maximum atomic E-state index is 12.5. The number of nitrogens with one attached hydrogen (secondary N) is 1. The molecule has 4 rings (SSSR count). The number of nitrogens with zero attached hydrogens (tertiary/aromatic N) is 5. The average molecular weight is 417 g/mol. The van der Waals surface area contributed by atoms with E-state index in [1.54, 1.807) is 30.1 Å². The second kappa shape index (κ2) is 8.39. The Balaban J connectivity index is 1.38. The van der Waals surface area contributed by atoms with Crippen LogP contribution in [0.4, 0.5) is 5.82 Å². The molecule has 0 unspecified atom stereocenters. The number of carbonyl (C=O) groups excluding carboxylic acids is 1. The summed E-state index contributed by atoms with van der Waals surface area (Å²) in [6.07, 6.45) is 3.29. The van der Waals surface area contributed by atoms with E-state index in [2.05, 4.69) is 25.5 Å². The van der Waals surface area contributed by atoms with E-state index >= 15 is 0 Å². The van der Waals surface area contributed by atoms with Gasteiger partial charge in [0.25, 0.3) is 11.8 Å². The first-order chi connectivity index (χ1) is 14.9. The molecule has 0 aliphatic rings. The standard InChI is InChI=1S/C22H23N7O2/c1-13-8-20(23)26-14(2)19(13)10-24-21(30)18-9-25-29(12-18)11-16-4-6-17(7-5-16)22-27-15(3)28-31-22/h4-9,12H,10-11H2,1-3H3,(H2,23,26)(H,24,30). The minimum Gasteiger partial charge on any atom is -0.384 e. The van der Waals surface area contributed by atoms with Crippen LogP contribution in [0.2, 0.25) is 0 Å². The Labute approximate surface area is 179 Å². The molecule has 0 atom stereocenters. The summed E-state index contributed by atoms with van der Waals surface area (Å²) in [6.45, 7) is 6.53. The molecular weight excluding hydrogens is 394 g/mol. The third-order valence-electron chi connectivity index (χ3n) is 4.97. The number of aryl methyl sites for hydroxylation is 3. The second-order valence-electron chi connectivity index (χ2n) is 7.38. The van der Waals surface area contributed by atoms with E-state index in [1.807, 2.05) is 38.1 Å². The summed E-state index contributed by atoms with van der Waals surface area (Å²) >= 11 is 0. The number of amides is 1. The lowest BCUT2D eigenvalue weighted by atomic mass is 10.1. The lowest BCUT2D eigenvalue weighted by Crippen LogP contribution is -2.23. The van der Waals surface area contributed by atoms with Gasteiger partial charge >= 0.3 is 0 Å². The predicted molar refractivity (Wildman–Crippen MR) is 115 cm³/mol. The fourth-order valence-electron chi connectivity index (χ4n) is 3.35. The Morgan fingerprint density at radius 2 is 1.94 bits per heavy atom. The van der Waals surface area contributed by atoms with Gasteiger partial charge in [0.1, 0.15) is 5.82 Å². The second-order valence-corrected chi connectivity index (χ2v) is 7.38. The van der Waals surface area contributed by atoms with Gasteiger partial charge in [-0.05, 0) is 55.7 Å². The average Bonchev–Trinajstić information content (AvgIpc) is 3.37. The molecule has 0 bridgehead atoms. The molecule has 0 aliphatic heterocycles. The van der Waals surface area contributed by atoms with Crippen molar-refractivity contribution in [3.05, 3.63) is 76.5 Å². The van der Waals surface area contributed by atoms with Gasteiger partial charge in [0, 0.05) is 24.0 Å². The molecule has 0 radical (unpaired) electrons. The number of hydrogen-bond donors (Lipinski definition) is 2. The first-order valence-electron chi connectivity index (χ1n) is 9.82. The Kier molecular flexibility index (Phi) is 5.48. The van der Waals surface area contributed by atoms with E-state index in [4.69, 9.17) is 10.3 Å². The molecule has 9 heteroatoms. The normalized spacial score (nSPS) is 10.9. The summed E-state index contributed by atoms with van der Waals surface area (Å²) in [5.74, 6) is 1.37.